The summed E-state index contributed by atoms with van der Waals surface area (Å²) in [6.07, 6.45) is 5.31. The fourth-order valence-corrected chi connectivity index (χ4v) is 3.76. The Labute approximate surface area is 141 Å². The molecule has 0 radical (unpaired) electrons. The molecule has 1 atom stereocenters. The largest absolute Gasteiger partial charge is 0.359 e. The van der Waals surface area contributed by atoms with E-state index in [1.165, 1.54) is 0 Å². The van der Waals surface area contributed by atoms with Gasteiger partial charge >= 0.3 is 0 Å². The zero-order chi connectivity index (χ0) is 16.7. The Morgan fingerprint density at radius 3 is 2.75 bits per heavy atom. The molecule has 4 rings (SSSR count). The molecule has 1 saturated heterocycles. The van der Waals surface area contributed by atoms with Crippen molar-refractivity contribution in [3.8, 4) is 0 Å². The number of nitrogens with zero attached hydrogens (tertiary/aromatic N) is 4. The lowest BCUT2D eigenvalue weighted by Gasteiger charge is -2.31. The predicted molar refractivity (Wildman–Crippen MR) is 88.3 cm³/mol. The monoisotopic (exact) mass is 329 g/mol. The summed E-state index contributed by atoms with van der Waals surface area (Å²) in [5.74, 6) is 1.60. The van der Waals surface area contributed by atoms with E-state index >= 15 is 0 Å². The lowest BCUT2D eigenvalue weighted by Crippen LogP contribution is -2.38. The second-order valence-corrected chi connectivity index (χ2v) is 6.95. The first kappa shape index (κ1) is 15.4. The summed E-state index contributed by atoms with van der Waals surface area (Å²) >= 11 is 0. The summed E-state index contributed by atoms with van der Waals surface area (Å²) in [5, 5.41) is 2.73. The summed E-state index contributed by atoms with van der Waals surface area (Å²) < 4.78 is 0. The van der Waals surface area contributed by atoms with Gasteiger partial charge in [0.15, 0.2) is 0 Å². The molecule has 0 unspecified atom stereocenters. The van der Waals surface area contributed by atoms with Crippen LogP contribution in [0.25, 0.3) is 0 Å². The van der Waals surface area contributed by atoms with Gasteiger partial charge in [-0.15, -0.1) is 0 Å². The molecule has 2 aliphatic heterocycles. The first-order valence-electron chi connectivity index (χ1n) is 8.75. The van der Waals surface area contributed by atoms with Crippen LogP contribution in [0.2, 0.25) is 0 Å². The van der Waals surface area contributed by atoms with Crippen LogP contribution >= 0.6 is 0 Å². The Hall–Kier alpha value is -2.18. The zero-order valence-electron chi connectivity index (χ0n) is 14.0. The van der Waals surface area contributed by atoms with Crippen molar-refractivity contribution in [3.05, 3.63) is 17.6 Å². The lowest BCUT2D eigenvalue weighted by atomic mass is 10.0. The van der Waals surface area contributed by atoms with E-state index in [9.17, 15) is 9.59 Å². The highest BCUT2D eigenvalue weighted by Crippen LogP contribution is 2.34. The molecular formula is C17H23N5O2. The number of aromatic nitrogens is 2. The number of carbonyl (C=O) groups is 2. The van der Waals surface area contributed by atoms with Gasteiger partial charge in [0.1, 0.15) is 12.1 Å². The Morgan fingerprint density at radius 2 is 2.00 bits per heavy atom. The first-order valence-corrected chi connectivity index (χ1v) is 8.75. The molecule has 3 heterocycles. The van der Waals surface area contributed by atoms with E-state index in [2.05, 4.69) is 20.2 Å². The Bertz CT molecular complexity index is 673. The maximum Gasteiger partial charge on any atom is 0.226 e. The van der Waals surface area contributed by atoms with Gasteiger partial charge in [0, 0.05) is 38.2 Å². The summed E-state index contributed by atoms with van der Waals surface area (Å²) in [5.41, 5.74) is 2.11. The topological polar surface area (TPSA) is 78.4 Å². The standard InChI is InChI=1S/C17H23N5O2/c1-18-16(23)12-4-6-21(8-12)15-13-5-7-22(17(24)11-2-3-11)9-14(13)19-10-20-15/h10-12H,2-9H2,1H3,(H,18,23)/t12-/m1/s1. The van der Waals surface area contributed by atoms with Gasteiger partial charge in [-0.1, -0.05) is 0 Å². The molecule has 3 aliphatic rings. The number of fused-ring (bicyclic) bond motifs is 1. The minimum Gasteiger partial charge on any atom is -0.359 e. The molecule has 0 spiro atoms. The number of rotatable bonds is 3. The number of hydrogen-bond acceptors (Lipinski definition) is 5. The molecule has 1 N–H and O–H groups in total. The fourth-order valence-electron chi connectivity index (χ4n) is 3.76. The van der Waals surface area contributed by atoms with Crippen molar-refractivity contribution < 1.29 is 9.59 Å². The van der Waals surface area contributed by atoms with E-state index in [4.69, 9.17) is 0 Å². The zero-order valence-corrected chi connectivity index (χ0v) is 14.0. The van der Waals surface area contributed by atoms with Gasteiger partial charge in [-0.3, -0.25) is 9.59 Å². The van der Waals surface area contributed by atoms with Crippen molar-refractivity contribution in [1.82, 2.24) is 20.2 Å². The molecule has 7 nitrogen and oxygen atoms in total. The highest BCUT2D eigenvalue weighted by atomic mass is 16.2. The SMILES string of the molecule is CNC(=O)[C@@H]1CCN(c2ncnc3c2CCN(C(=O)C2CC2)C3)C1. The van der Waals surface area contributed by atoms with Crippen LogP contribution in [-0.2, 0) is 22.6 Å². The average molecular weight is 329 g/mol. The van der Waals surface area contributed by atoms with Crippen molar-refractivity contribution in [3.63, 3.8) is 0 Å². The molecule has 2 amide bonds. The third-order valence-corrected chi connectivity index (χ3v) is 5.33. The quantitative estimate of drug-likeness (QED) is 0.865. The fraction of sp³-hybridized carbons (Fsp3) is 0.647. The molecule has 1 aromatic rings. The van der Waals surface area contributed by atoms with E-state index in [-0.39, 0.29) is 23.7 Å². The third kappa shape index (κ3) is 2.72. The van der Waals surface area contributed by atoms with E-state index in [1.807, 2.05) is 4.90 Å². The number of anilines is 1. The van der Waals surface area contributed by atoms with Crippen LogP contribution in [-0.4, -0.2) is 53.4 Å². The molecule has 1 saturated carbocycles. The van der Waals surface area contributed by atoms with Crippen LogP contribution in [0, 0.1) is 11.8 Å². The second kappa shape index (κ2) is 6.03. The van der Waals surface area contributed by atoms with Gasteiger partial charge < -0.3 is 15.1 Å². The van der Waals surface area contributed by atoms with Crippen molar-refractivity contribution in [1.29, 1.82) is 0 Å². The maximum atomic E-state index is 12.3. The van der Waals surface area contributed by atoms with Gasteiger partial charge in [0.25, 0.3) is 0 Å². The van der Waals surface area contributed by atoms with Crippen molar-refractivity contribution in [2.24, 2.45) is 11.8 Å². The Kier molecular flexibility index (Phi) is 3.86. The molecule has 1 aromatic heterocycles. The highest BCUT2D eigenvalue weighted by Gasteiger charge is 2.36. The number of hydrogen-bond donors (Lipinski definition) is 1. The van der Waals surface area contributed by atoms with E-state index in [0.29, 0.717) is 13.1 Å². The van der Waals surface area contributed by atoms with Crippen LogP contribution in [0.4, 0.5) is 5.82 Å². The predicted octanol–water partition coefficient (Wildman–Crippen LogP) is 0.344. The summed E-state index contributed by atoms with van der Waals surface area (Å²) in [6, 6.07) is 0. The minimum absolute atomic E-state index is 0.0251. The smallest absolute Gasteiger partial charge is 0.226 e. The Morgan fingerprint density at radius 1 is 1.17 bits per heavy atom. The van der Waals surface area contributed by atoms with Gasteiger partial charge in [-0.25, -0.2) is 9.97 Å². The van der Waals surface area contributed by atoms with Crippen LogP contribution in [0.3, 0.4) is 0 Å². The summed E-state index contributed by atoms with van der Waals surface area (Å²) in [4.78, 5) is 37.2. The molecular weight excluding hydrogens is 306 g/mol. The summed E-state index contributed by atoms with van der Waals surface area (Å²) in [6.45, 7) is 2.88. The normalized spacial score (nSPS) is 23.1. The molecule has 2 fully saturated rings. The maximum absolute atomic E-state index is 12.3. The minimum atomic E-state index is 0.0251. The van der Waals surface area contributed by atoms with Crippen LogP contribution < -0.4 is 10.2 Å². The third-order valence-electron chi connectivity index (χ3n) is 5.33. The van der Waals surface area contributed by atoms with Gasteiger partial charge in [-0.05, 0) is 25.7 Å². The molecule has 1 aliphatic carbocycles. The molecule has 7 heteroatoms. The van der Waals surface area contributed by atoms with Crippen LogP contribution in [0.5, 0.6) is 0 Å². The number of amides is 2. The van der Waals surface area contributed by atoms with E-state index < -0.39 is 0 Å². The van der Waals surface area contributed by atoms with Crippen molar-refractivity contribution in [2.45, 2.75) is 32.2 Å². The van der Waals surface area contributed by atoms with Crippen molar-refractivity contribution >= 4 is 17.6 Å². The highest BCUT2D eigenvalue weighted by molar-refractivity contribution is 5.81. The summed E-state index contributed by atoms with van der Waals surface area (Å²) in [7, 11) is 1.68. The van der Waals surface area contributed by atoms with Crippen LogP contribution in [0.15, 0.2) is 6.33 Å². The Balaban J connectivity index is 1.52. The van der Waals surface area contributed by atoms with E-state index in [1.54, 1.807) is 13.4 Å². The average Bonchev–Trinajstić information content (AvgIpc) is 3.36. The molecule has 24 heavy (non-hydrogen) atoms. The molecule has 0 aromatic carbocycles. The van der Waals surface area contributed by atoms with Gasteiger partial charge in [0.2, 0.25) is 11.8 Å². The molecule has 0 bridgehead atoms. The second-order valence-electron chi connectivity index (χ2n) is 6.95. The van der Waals surface area contributed by atoms with Gasteiger partial charge in [0.05, 0.1) is 18.2 Å². The lowest BCUT2D eigenvalue weighted by molar-refractivity contribution is -0.133. The number of nitrogens with one attached hydrogen (secondary N) is 1. The molecule has 128 valence electrons. The van der Waals surface area contributed by atoms with E-state index in [0.717, 1.165) is 55.8 Å². The first-order chi connectivity index (χ1) is 11.7. The number of carbonyl (C=O) groups excluding carboxylic acids is 2. The van der Waals surface area contributed by atoms with Crippen molar-refractivity contribution in [2.75, 3.05) is 31.6 Å². The van der Waals surface area contributed by atoms with Crippen LogP contribution in [0.1, 0.15) is 30.5 Å². The van der Waals surface area contributed by atoms with Gasteiger partial charge in [-0.2, -0.15) is 0 Å².